The molecule has 0 spiro atoms. The summed E-state index contributed by atoms with van der Waals surface area (Å²) in [6.45, 7) is 6.22. The molecule has 0 aliphatic carbocycles. The van der Waals surface area contributed by atoms with Crippen LogP contribution in [0.15, 0.2) is 42.0 Å². The zero-order valence-electron chi connectivity index (χ0n) is 12.1. The second-order valence-electron chi connectivity index (χ2n) is 5.26. The molecule has 1 nitrogen and oxygen atoms in total. The predicted molar refractivity (Wildman–Crippen MR) is 81.3 cm³/mol. The van der Waals surface area contributed by atoms with Crippen molar-refractivity contribution in [2.75, 3.05) is 0 Å². The Balaban J connectivity index is 2.25. The molecule has 0 atom stereocenters. The zero-order chi connectivity index (χ0) is 14.7. The van der Waals surface area contributed by atoms with Crippen LogP contribution in [0.2, 0.25) is 0 Å². The van der Waals surface area contributed by atoms with Gasteiger partial charge in [-0.25, -0.2) is 4.39 Å². The molecule has 2 aromatic carbocycles. The maximum atomic E-state index is 13.3. The summed E-state index contributed by atoms with van der Waals surface area (Å²) in [6.07, 6.45) is 2.82. The fourth-order valence-electron chi connectivity index (χ4n) is 2.33. The molecule has 0 aliphatic rings. The van der Waals surface area contributed by atoms with Crippen LogP contribution in [-0.2, 0) is 6.42 Å². The Morgan fingerprint density at radius 3 is 2.40 bits per heavy atom. The highest BCUT2D eigenvalue weighted by atomic mass is 19.1. The van der Waals surface area contributed by atoms with Crippen LogP contribution in [0.1, 0.15) is 29.2 Å². The van der Waals surface area contributed by atoms with Gasteiger partial charge in [-0.05, 0) is 61.6 Å². The number of aromatic hydroxyl groups is 1. The highest BCUT2D eigenvalue weighted by molar-refractivity contribution is 5.60. The van der Waals surface area contributed by atoms with Gasteiger partial charge in [0.05, 0.1) is 0 Å². The van der Waals surface area contributed by atoms with Gasteiger partial charge in [-0.3, -0.25) is 0 Å². The van der Waals surface area contributed by atoms with Crippen molar-refractivity contribution < 1.29 is 9.50 Å². The first-order valence-electron chi connectivity index (χ1n) is 6.68. The lowest BCUT2D eigenvalue weighted by Crippen LogP contribution is -1.91. The van der Waals surface area contributed by atoms with Crippen molar-refractivity contribution in [1.82, 2.24) is 0 Å². The van der Waals surface area contributed by atoms with Crippen molar-refractivity contribution in [3.8, 4) is 5.75 Å². The van der Waals surface area contributed by atoms with Gasteiger partial charge in [0.2, 0.25) is 0 Å². The molecule has 1 N–H and O–H groups in total. The van der Waals surface area contributed by atoms with Crippen molar-refractivity contribution in [2.24, 2.45) is 0 Å². The van der Waals surface area contributed by atoms with Crippen molar-refractivity contribution >= 4 is 6.08 Å². The zero-order valence-corrected chi connectivity index (χ0v) is 12.1. The number of hydrogen-bond acceptors (Lipinski definition) is 1. The van der Waals surface area contributed by atoms with E-state index in [1.807, 2.05) is 13.0 Å². The van der Waals surface area contributed by atoms with Gasteiger partial charge in [-0.2, -0.15) is 0 Å². The molecule has 2 rings (SSSR count). The lowest BCUT2D eigenvalue weighted by atomic mass is 9.98. The van der Waals surface area contributed by atoms with E-state index in [1.165, 1.54) is 28.8 Å². The minimum Gasteiger partial charge on any atom is -0.505 e. The van der Waals surface area contributed by atoms with Crippen molar-refractivity contribution in [3.05, 3.63) is 70.0 Å². The van der Waals surface area contributed by atoms with E-state index in [4.69, 9.17) is 0 Å². The summed E-state index contributed by atoms with van der Waals surface area (Å²) in [5.74, 6) is -0.868. The summed E-state index contributed by atoms with van der Waals surface area (Å²) in [4.78, 5) is 0. The predicted octanol–water partition coefficient (Wildman–Crippen LogP) is 4.79. The molecule has 0 amide bonds. The van der Waals surface area contributed by atoms with E-state index in [0.29, 0.717) is 6.42 Å². The minimum atomic E-state index is -0.567. The molecular weight excluding hydrogens is 251 g/mol. The average Bonchev–Trinajstić information content (AvgIpc) is 2.38. The maximum Gasteiger partial charge on any atom is 0.165 e. The SMILES string of the molecule is C/C(=C/c1c(C)cccc1C)Cc1ccc(O)c(F)c1. The van der Waals surface area contributed by atoms with E-state index in [1.54, 1.807) is 6.07 Å². The number of rotatable bonds is 3. The van der Waals surface area contributed by atoms with Crippen LogP contribution in [0.4, 0.5) is 4.39 Å². The van der Waals surface area contributed by atoms with Crippen LogP contribution < -0.4 is 0 Å². The van der Waals surface area contributed by atoms with Crippen LogP contribution in [0, 0.1) is 19.7 Å². The number of allylic oxidation sites excluding steroid dienone is 1. The topological polar surface area (TPSA) is 20.2 Å². The number of hydrogen-bond donors (Lipinski definition) is 1. The fourth-order valence-corrected chi connectivity index (χ4v) is 2.33. The van der Waals surface area contributed by atoms with E-state index < -0.39 is 5.82 Å². The number of benzene rings is 2. The normalized spacial score (nSPS) is 11.7. The molecule has 0 heterocycles. The van der Waals surface area contributed by atoms with Crippen molar-refractivity contribution in [2.45, 2.75) is 27.2 Å². The lowest BCUT2D eigenvalue weighted by molar-refractivity contribution is 0.432. The standard InChI is InChI=1S/C18H19FO/c1-12(9-15-7-8-18(20)17(19)11-15)10-16-13(2)5-4-6-14(16)3/h4-8,10-11,20H,9H2,1-3H3/b12-10-. The van der Waals surface area contributed by atoms with Crippen molar-refractivity contribution in [1.29, 1.82) is 0 Å². The Kier molecular flexibility index (Phi) is 4.23. The Labute approximate surface area is 119 Å². The molecule has 0 bridgehead atoms. The summed E-state index contributed by atoms with van der Waals surface area (Å²) >= 11 is 0. The van der Waals surface area contributed by atoms with E-state index >= 15 is 0 Å². The lowest BCUT2D eigenvalue weighted by Gasteiger charge is -2.08. The molecule has 2 heteroatoms. The van der Waals surface area contributed by atoms with E-state index in [2.05, 4.69) is 32.1 Å². The molecule has 0 saturated heterocycles. The Morgan fingerprint density at radius 1 is 1.15 bits per heavy atom. The molecule has 0 aliphatic heterocycles. The number of phenolic OH excluding ortho intramolecular Hbond substituents is 1. The highest BCUT2D eigenvalue weighted by Gasteiger charge is 2.04. The number of phenols is 1. The third kappa shape index (κ3) is 3.27. The van der Waals surface area contributed by atoms with Gasteiger partial charge >= 0.3 is 0 Å². The summed E-state index contributed by atoms with van der Waals surface area (Å²) in [7, 11) is 0. The first-order valence-corrected chi connectivity index (χ1v) is 6.68. The summed E-state index contributed by atoms with van der Waals surface area (Å²) in [6, 6.07) is 10.8. The third-order valence-electron chi connectivity index (χ3n) is 3.43. The molecule has 0 unspecified atom stereocenters. The first-order chi connectivity index (χ1) is 9.47. The van der Waals surface area contributed by atoms with Gasteiger partial charge in [-0.1, -0.05) is 35.9 Å². The number of aryl methyl sites for hydroxylation is 2. The monoisotopic (exact) mass is 270 g/mol. The Bertz CT molecular complexity index is 636. The maximum absolute atomic E-state index is 13.3. The second-order valence-corrected chi connectivity index (χ2v) is 5.26. The van der Waals surface area contributed by atoms with Gasteiger partial charge in [-0.15, -0.1) is 0 Å². The number of halogens is 1. The Morgan fingerprint density at radius 2 is 1.80 bits per heavy atom. The molecule has 0 fully saturated rings. The summed E-state index contributed by atoms with van der Waals surface area (Å²) in [5, 5.41) is 9.20. The van der Waals surface area contributed by atoms with Crippen molar-refractivity contribution in [3.63, 3.8) is 0 Å². The molecule has 2 aromatic rings. The van der Waals surface area contributed by atoms with Gasteiger partial charge in [0.15, 0.2) is 11.6 Å². The van der Waals surface area contributed by atoms with Crippen LogP contribution >= 0.6 is 0 Å². The average molecular weight is 270 g/mol. The van der Waals surface area contributed by atoms with Crippen LogP contribution in [-0.4, -0.2) is 5.11 Å². The molecule has 0 saturated carbocycles. The molecule has 0 radical (unpaired) electrons. The quantitative estimate of drug-likeness (QED) is 0.849. The summed E-state index contributed by atoms with van der Waals surface area (Å²) in [5.41, 5.74) is 5.72. The smallest absolute Gasteiger partial charge is 0.165 e. The molecule has 0 aromatic heterocycles. The largest absolute Gasteiger partial charge is 0.505 e. The van der Waals surface area contributed by atoms with E-state index in [0.717, 1.165) is 11.1 Å². The van der Waals surface area contributed by atoms with Crippen LogP contribution in [0.5, 0.6) is 5.75 Å². The molecular formula is C18H19FO. The van der Waals surface area contributed by atoms with Crippen LogP contribution in [0.25, 0.3) is 6.08 Å². The van der Waals surface area contributed by atoms with Crippen LogP contribution in [0.3, 0.4) is 0 Å². The van der Waals surface area contributed by atoms with E-state index in [-0.39, 0.29) is 5.75 Å². The molecule has 104 valence electrons. The van der Waals surface area contributed by atoms with Gasteiger partial charge in [0.1, 0.15) is 0 Å². The van der Waals surface area contributed by atoms with Gasteiger partial charge in [0, 0.05) is 0 Å². The second kappa shape index (κ2) is 5.91. The van der Waals surface area contributed by atoms with E-state index in [9.17, 15) is 9.50 Å². The molecule has 20 heavy (non-hydrogen) atoms. The van der Waals surface area contributed by atoms with Gasteiger partial charge in [0.25, 0.3) is 0 Å². The third-order valence-corrected chi connectivity index (χ3v) is 3.43. The highest BCUT2D eigenvalue weighted by Crippen LogP contribution is 2.21. The summed E-state index contributed by atoms with van der Waals surface area (Å²) < 4.78 is 13.3. The first kappa shape index (κ1) is 14.3. The fraction of sp³-hybridized carbons (Fsp3) is 0.222. The Hall–Kier alpha value is -2.09. The van der Waals surface area contributed by atoms with Gasteiger partial charge < -0.3 is 5.11 Å². The minimum absolute atomic E-state index is 0.301.